The summed E-state index contributed by atoms with van der Waals surface area (Å²) in [6.45, 7) is 6.63. The molecule has 0 radical (unpaired) electrons. The second-order valence-corrected chi connectivity index (χ2v) is 20.4. The summed E-state index contributed by atoms with van der Waals surface area (Å²) in [7, 11) is 0. The van der Waals surface area contributed by atoms with Gasteiger partial charge in [0.05, 0.1) is 0 Å². The van der Waals surface area contributed by atoms with Crippen LogP contribution in [0.3, 0.4) is 0 Å². The molecule has 6 heteroatoms. The number of hydrogen-bond donors (Lipinski definition) is 0. The van der Waals surface area contributed by atoms with Gasteiger partial charge in [0.15, 0.2) is 6.10 Å². The van der Waals surface area contributed by atoms with E-state index in [9.17, 15) is 14.4 Å². The molecule has 0 bridgehead atoms. The maximum Gasteiger partial charge on any atom is 0.306 e. The molecule has 1 unspecified atom stereocenters. The lowest BCUT2D eigenvalue weighted by molar-refractivity contribution is -0.167. The number of carbonyl (C=O) groups is 3. The van der Waals surface area contributed by atoms with Gasteiger partial charge in [-0.1, -0.05) is 301 Å². The normalized spacial score (nSPS) is 12.3. The first-order valence-electron chi connectivity index (χ1n) is 30.2. The van der Waals surface area contributed by atoms with E-state index in [-0.39, 0.29) is 31.1 Å². The lowest BCUT2D eigenvalue weighted by Crippen LogP contribution is -2.30. The molecule has 0 aromatic carbocycles. The number of esters is 3. The summed E-state index contributed by atoms with van der Waals surface area (Å²) >= 11 is 0. The maximum absolute atomic E-state index is 12.9. The Balaban J connectivity index is 4.38. The molecule has 402 valence electrons. The zero-order valence-corrected chi connectivity index (χ0v) is 46.1. The van der Waals surface area contributed by atoms with Gasteiger partial charge >= 0.3 is 17.9 Å². The Morgan fingerprint density at radius 2 is 0.522 bits per heavy atom. The molecule has 0 aliphatic rings. The fourth-order valence-electron chi connectivity index (χ4n) is 8.87. The Labute approximate surface area is 428 Å². The van der Waals surface area contributed by atoms with Gasteiger partial charge in [-0.15, -0.1) is 0 Å². The minimum Gasteiger partial charge on any atom is -0.462 e. The fraction of sp³-hybridized carbons (Fsp3) is 0.825. The Bertz CT molecular complexity index is 1200. The third-order valence-electron chi connectivity index (χ3n) is 13.4. The van der Waals surface area contributed by atoms with Crippen LogP contribution in [-0.4, -0.2) is 37.2 Å². The van der Waals surface area contributed by atoms with E-state index in [0.717, 1.165) is 83.5 Å². The predicted octanol–water partition coefficient (Wildman–Crippen LogP) is 20.2. The molecular weight excluding hydrogens is 853 g/mol. The van der Waals surface area contributed by atoms with Crippen molar-refractivity contribution in [3.8, 4) is 0 Å². The van der Waals surface area contributed by atoms with Crippen molar-refractivity contribution in [2.45, 2.75) is 322 Å². The van der Waals surface area contributed by atoms with Gasteiger partial charge in [-0.3, -0.25) is 14.4 Å². The molecule has 0 heterocycles. The Morgan fingerprint density at radius 1 is 0.290 bits per heavy atom. The monoisotopic (exact) mass is 967 g/mol. The minimum atomic E-state index is -0.780. The van der Waals surface area contributed by atoms with Crippen LogP contribution in [0.4, 0.5) is 0 Å². The summed E-state index contributed by atoms with van der Waals surface area (Å²) in [5.74, 6) is -0.879. The smallest absolute Gasteiger partial charge is 0.306 e. The summed E-state index contributed by atoms with van der Waals surface area (Å²) in [5, 5.41) is 0. The van der Waals surface area contributed by atoms with E-state index in [1.807, 2.05) is 0 Å². The average molecular weight is 968 g/mol. The van der Waals surface area contributed by atoms with E-state index in [4.69, 9.17) is 14.2 Å². The van der Waals surface area contributed by atoms with Crippen LogP contribution in [0.1, 0.15) is 316 Å². The molecule has 0 amide bonds. The summed E-state index contributed by atoms with van der Waals surface area (Å²) in [6, 6.07) is 0. The van der Waals surface area contributed by atoms with Gasteiger partial charge in [0.25, 0.3) is 0 Å². The average Bonchev–Trinajstić information content (AvgIpc) is 3.35. The summed E-state index contributed by atoms with van der Waals surface area (Å²) < 4.78 is 16.9. The summed E-state index contributed by atoms with van der Waals surface area (Å²) in [4.78, 5) is 38.2. The molecule has 0 N–H and O–H groups in total. The van der Waals surface area contributed by atoms with E-state index in [1.54, 1.807) is 0 Å². The standard InChI is InChI=1S/C63H114O6/c1-4-7-10-13-16-19-22-25-28-30-32-35-38-41-44-47-50-53-56-62(65)68-59-60(58-67-61(64)55-52-49-46-43-40-37-34-27-24-21-18-15-12-9-6-3)69-63(66)57-54-51-48-45-42-39-36-33-31-29-26-23-20-17-14-11-8-5-2/h16,19,22,25,28,30,32,35,60H,4-15,17-18,20-21,23-24,26-27,29,31,33-34,36-59H2,1-3H3/b19-16-,25-22-,30-28-,35-32-. The SMILES string of the molecule is CCCCC\C=C/C=C\C=C/C=C\CCCCCCCC(=O)OCC(COC(=O)CCCCCCCCCCCCCCCCC)OC(=O)CCCCCCCCCCCCCCCCCCCC. The zero-order chi connectivity index (χ0) is 50.0. The van der Waals surface area contributed by atoms with Gasteiger partial charge in [0.2, 0.25) is 0 Å². The Kier molecular flexibility index (Phi) is 55.7. The van der Waals surface area contributed by atoms with Crippen LogP contribution >= 0.6 is 0 Å². The van der Waals surface area contributed by atoms with Gasteiger partial charge in [-0.2, -0.15) is 0 Å². The molecule has 6 nitrogen and oxygen atoms in total. The molecule has 0 aromatic heterocycles. The molecule has 1 atom stereocenters. The van der Waals surface area contributed by atoms with Crippen LogP contribution < -0.4 is 0 Å². The lowest BCUT2D eigenvalue weighted by Gasteiger charge is -2.18. The van der Waals surface area contributed by atoms with Crippen LogP contribution in [0.15, 0.2) is 48.6 Å². The van der Waals surface area contributed by atoms with Crippen LogP contribution in [-0.2, 0) is 28.6 Å². The molecule has 69 heavy (non-hydrogen) atoms. The third kappa shape index (κ3) is 56.2. The number of hydrogen-bond acceptors (Lipinski definition) is 6. The fourth-order valence-corrected chi connectivity index (χ4v) is 8.87. The molecule has 0 aliphatic heterocycles. The van der Waals surface area contributed by atoms with E-state index in [1.165, 1.54) is 193 Å². The highest BCUT2D eigenvalue weighted by atomic mass is 16.6. The molecule has 0 aliphatic carbocycles. The maximum atomic E-state index is 12.9. The quantitative estimate of drug-likeness (QED) is 0.0262. The first kappa shape index (κ1) is 66.4. The zero-order valence-electron chi connectivity index (χ0n) is 46.1. The van der Waals surface area contributed by atoms with Crippen LogP contribution in [0.25, 0.3) is 0 Å². The number of ether oxygens (including phenoxy) is 3. The number of allylic oxidation sites excluding steroid dienone is 8. The molecule has 0 aromatic rings. The molecule has 0 fully saturated rings. The highest BCUT2D eigenvalue weighted by Gasteiger charge is 2.19. The topological polar surface area (TPSA) is 78.9 Å². The van der Waals surface area contributed by atoms with Crippen molar-refractivity contribution in [1.29, 1.82) is 0 Å². The van der Waals surface area contributed by atoms with Gasteiger partial charge in [-0.05, 0) is 44.9 Å². The van der Waals surface area contributed by atoms with Crippen LogP contribution in [0, 0.1) is 0 Å². The van der Waals surface area contributed by atoms with Gasteiger partial charge in [-0.25, -0.2) is 0 Å². The summed E-state index contributed by atoms with van der Waals surface area (Å²) in [5.41, 5.74) is 0. The van der Waals surface area contributed by atoms with E-state index < -0.39 is 6.10 Å². The van der Waals surface area contributed by atoms with E-state index in [2.05, 4.69) is 69.4 Å². The van der Waals surface area contributed by atoms with Gasteiger partial charge < -0.3 is 14.2 Å². The second-order valence-electron chi connectivity index (χ2n) is 20.4. The van der Waals surface area contributed by atoms with Crippen molar-refractivity contribution in [2.75, 3.05) is 13.2 Å². The molecule has 0 rings (SSSR count). The highest BCUT2D eigenvalue weighted by molar-refractivity contribution is 5.71. The highest BCUT2D eigenvalue weighted by Crippen LogP contribution is 2.17. The number of rotatable bonds is 55. The predicted molar refractivity (Wildman–Crippen MR) is 298 cm³/mol. The second kappa shape index (κ2) is 57.9. The van der Waals surface area contributed by atoms with Crippen molar-refractivity contribution < 1.29 is 28.6 Å². The molecule has 0 saturated carbocycles. The first-order valence-corrected chi connectivity index (χ1v) is 30.2. The van der Waals surface area contributed by atoms with Crippen LogP contribution in [0.2, 0.25) is 0 Å². The van der Waals surface area contributed by atoms with Crippen molar-refractivity contribution in [1.82, 2.24) is 0 Å². The van der Waals surface area contributed by atoms with E-state index >= 15 is 0 Å². The number of unbranched alkanes of at least 4 members (excludes halogenated alkanes) is 39. The van der Waals surface area contributed by atoms with E-state index in [0.29, 0.717) is 19.3 Å². The van der Waals surface area contributed by atoms with Crippen molar-refractivity contribution >= 4 is 17.9 Å². The molecular formula is C63H114O6. The third-order valence-corrected chi connectivity index (χ3v) is 13.4. The summed E-state index contributed by atoms with van der Waals surface area (Å²) in [6.07, 6.45) is 71.0. The van der Waals surface area contributed by atoms with Crippen LogP contribution in [0.5, 0.6) is 0 Å². The molecule has 0 spiro atoms. The molecule has 0 saturated heterocycles. The largest absolute Gasteiger partial charge is 0.462 e. The van der Waals surface area contributed by atoms with Gasteiger partial charge in [0.1, 0.15) is 13.2 Å². The minimum absolute atomic E-state index is 0.0762. The van der Waals surface area contributed by atoms with Gasteiger partial charge in [0, 0.05) is 19.3 Å². The Hall–Kier alpha value is -2.63. The lowest BCUT2D eigenvalue weighted by atomic mass is 10.0. The first-order chi connectivity index (χ1) is 34.0. The Morgan fingerprint density at radius 3 is 0.841 bits per heavy atom. The van der Waals surface area contributed by atoms with Crippen molar-refractivity contribution in [2.24, 2.45) is 0 Å². The van der Waals surface area contributed by atoms with Crippen molar-refractivity contribution in [3.05, 3.63) is 48.6 Å². The number of carbonyl (C=O) groups excluding carboxylic acids is 3. The van der Waals surface area contributed by atoms with Crippen molar-refractivity contribution in [3.63, 3.8) is 0 Å².